The highest BCUT2D eigenvalue weighted by Gasteiger charge is 2.23. The maximum absolute atomic E-state index is 11.7. The van der Waals surface area contributed by atoms with E-state index in [4.69, 9.17) is 9.84 Å². The van der Waals surface area contributed by atoms with Crippen LogP contribution in [0.1, 0.15) is 11.1 Å². The molecule has 1 aromatic rings. The molecule has 0 unspecified atom stereocenters. The van der Waals surface area contributed by atoms with E-state index < -0.39 is 0 Å². The zero-order valence-electron chi connectivity index (χ0n) is 12.1. The van der Waals surface area contributed by atoms with Crippen LogP contribution in [0, 0.1) is 13.8 Å². The Morgan fingerprint density at radius 1 is 1.25 bits per heavy atom. The van der Waals surface area contributed by atoms with Gasteiger partial charge in [0.2, 0.25) is 0 Å². The fourth-order valence-corrected chi connectivity index (χ4v) is 2.43. The van der Waals surface area contributed by atoms with E-state index in [9.17, 15) is 4.79 Å². The Morgan fingerprint density at radius 2 is 1.95 bits per heavy atom. The fourth-order valence-electron chi connectivity index (χ4n) is 2.43. The molecule has 0 bridgehead atoms. The van der Waals surface area contributed by atoms with Crippen LogP contribution in [0.15, 0.2) is 18.2 Å². The first-order chi connectivity index (χ1) is 9.63. The number of benzene rings is 1. The number of carbonyl (C=O) groups is 1. The van der Waals surface area contributed by atoms with Crippen molar-refractivity contribution in [2.24, 2.45) is 0 Å². The number of piperazine rings is 1. The van der Waals surface area contributed by atoms with Gasteiger partial charge in [-0.05, 0) is 31.0 Å². The lowest BCUT2D eigenvalue weighted by atomic mass is 10.1. The highest BCUT2D eigenvalue weighted by molar-refractivity contribution is 5.68. The van der Waals surface area contributed by atoms with Crippen LogP contribution in [-0.2, 0) is 4.74 Å². The van der Waals surface area contributed by atoms with Crippen molar-refractivity contribution in [2.45, 2.75) is 13.8 Å². The number of anilines is 1. The normalized spacial score (nSPS) is 15.3. The Bertz CT molecular complexity index is 468. The average molecular weight is 278 g/mol. The van der Waals surface area contributed by atoms with Gasteiger partial charge in [0.1, 0.15) is 6.61 Å². The van der Waals surface area contributed by atoms with Gasteiger partial charge in [0.25, 0.3) is 0 Å². The summed E-state index contributed by atoms with van der Waals surface area (Å²) in [6.45, 7) is 7.09. The van der Waals surface area contributed by atoms with E-state index in [0.29, 0.717) is 13.1 Å². The number of hydrogen-bond acceptors (Lipinski definition) is 4. The third-order valence-corrected chi connectivity index (χ3v) is 3.77. The maximum atomic E-state index is 11.7. The van der Waals surface area contributed by atoms with Crippen LogP contribution in [0.4, 0.5) is 10.5 Å². The van der Waals surface area contributed by atoms with E-state index in [1.54, 1.807) is 4.90 Å². The maximum Gasteiger partial charge on any atom is 0.409 e. The summed E-state index contributed by atoms with van der Waals surface area (Å²) in [6, 6.07) is 6.31. The van der Waals surface area contributed by atoms with Gasteiger partial charge in [-0.25, -0.2) is 4.79 Å². The molecule has 0 radical (unpaired) electrons. The molecule has 1 aliphatic rings. The number of carbonyl (C=O) groups excluding carboxylic acids is 1. The summed E-state index contributed by atoms with van der Waals surface area (Å²) >= 11 is 0. The highest BCUT2D eigenvalue weighted by atomic mass is 16.6. The number of hydrogen-bond donors (Lipinski definition) is 1. The molecule has 0 atom stereocenters. The molecule has 1 aliphatic heterocycles. The molecule has 1 fully saturated rings. The SMILES string of the molecule is Cc1cccc(N2CCN(C(=O)OCCO)CC2)c1C. The minimum atomic E-state index is -0.334. The number of aliphatic hydroxyl groups excluding tert-OH is 1. The molecule has 0 spiro atoms. The predicted molar refractivity (Wildman–Crippen MR) is 78.1 cm³/mol. The molecule has 1 aromatic carbocycles. The fraction of sp³-hybridized carbons (Fsp3) is 0.533. The Labute approximate surface area is 119 Å². The number of aryl methyl sites for hydroxylation is 1. The van der Waals surface area contributed by atoms with Crippen molar-refractivity contribution in [2.75, 3.05) is 44.3 Å². The van der Waals surface area contributed by atoms with E-state index in [1.807, 2.05) is 0 Å². The van der Waals surface area contributed by atoms with Gasteiger partial charge in [0.15, 0.2) is 0 Å². The topological polar surface area (TPSA) is 53.0 Å². The molecule has 1 saturated heterocycles. The van der Waals surface area contributed by atoms with Gasteiger partial charge in [0.05, 0.1) is 6.61 Å². The van der Waals surface area contributed by atoms with Crippen molar-refractivity contribution in [3.8, 4) is 0 Å². The Hall–Kier alpha value is -1.75. The van der Waals surface area contributed by atoms with Gasteiger partial charge < -0.3 is 19.6 Å². The quantitative estimate of drug-likeness (QED) is 0.911. The van der Waals surface area contributed by atoms with Crippen LogP contribution in [0.2, 0.25) is 0 Å². The molecular weight excluding hydrogens is 256 g/mol. The Kier molecular flexibility index (Phi) is 4.84. The molecule has 0 aromatic heterocycles. The van der Waals surface area contributed by atoms with Crippen LogP contribution < -0.4 is 4.90 Å². The molecule has 1 heterocycles. The zero-order valence-corrected chi connectivity index (χ0v) is 12.1. The van der Waals surface area contributed by atoms with Crippen LogP contribution in [0.25, 0.3) is 0 Å². The smallest absolute Gasteiger partial charge is 0.409 e. The van der Waals surface area contributed by atoms with Crippen LogP contribution in [0.3, 0.4) is 0 Å². The molecule has 5 nitrogen and oxygen atoms in total. The molecule has 20 heavy (non-hydrogen) atoms. The van der Waals surface area contributed by atoms with Crippen LogP contribution in [0.5, 0.6) is 0 Å². The van der Waals surface area contributed by atoms with Gasteiger partial charge in [-0.1, -0.05) is 12.1 Å². The van der Waals surface area contributed by atoms with E-state index in [2.05, 4.69) is 36.9 Å². The average Bonchev–Trinajstić information content (AvgIpc) is 2.48. The number of nitrogens with zero attached hydrogens (tertiary/aromatic N) is 2. The van der Waals surface area contributed by atoms with Gasteiger partial charge in [-0.2, -0.15) is 0 Å². The molecule has 110 valence electrons. The summed E-state index contributed by atoms with van der Waals surface area (Å²) < 4.78 is 4.93. The summed E-state index contributed by atoms with van der Waals surface area (Å²) in [5.74, 6) is 0. The van der Waals surface area contributed by atoms with Crippen LogP contribution >= 0.6 is 0 Å². The summed E-state index contributed by atoms with van der Waals surface area (Å²) in [7, 11) is 0. The first-order valence-corrected chi connectivity index (χ1v) is 6.97. The molecule has 0 aliphatic carbocycles. The minimum absolute atomic E-state index is 0.0655. The second kappa shape index (κ2) is 6.61. The number of rotatable bonds is 3. The van der Waals surface area contributed by atoms with Gasteiger partial charge in [0, 0.05) is 31.9 Å². The Morgan fingerprint density at radius 3 is 2.60 bits per heavy atom. The second-order valence-corrected chi connectivity index (χ2v) is 5.03. The van der Waals surface area contributed by atoms with Crippen molar-refractivity contribution in [3.63, 3.8) is 0 Å². The monoisotopic (exact) mass is 278 g/mol. The molecular formula is C15H22N2O3. The zero-order chi connectivity index (χ0) is 14.5. The van der Waals surface area contributed by atoms with Gasteiger partial charge >= 0.3 is 6.09 Å². The molecule has 1 N–H and O–H groups in total. The molecule has 0 saturated carbocycles. The second-order valence-electron chi connectivity index (χ2n) is 5.03. The number of aliphatic hydroxyl groups is 1. The Balaban J connectivity index is 1.94. The highest BCUT2D eigenvalue weighted by Crippen LogP contribution is 2.23. The van der Waals surface area contributed by atoms with Crippen LogP contribution in [-0.4, -0.2) is 55.5 Å². The third-order valence-electron chi connectivity index (χ3n) is 3.77. The van der Waals surface area contributed by atoms with Crippen molar-refractivity contribution in [1.82, 2.24) is 4.90 Å². The lowest BCUT2D eigenvalue weighted by Gasteiger charge is -2.36. The van der Waals surface area contributed by atoms with E-state index in [1.165, 1.54) is 16.8 Å². The third kappa shape index (κ3) is 3.22. The minimum Gasteiger partial charge on any atom is -0.447 e. The van der Waals surface area contributed by atoms with Crippen molar-refractivity contribution in [3.05, 3.63) is 29.3 Å². The first kappa shape index (κ1) is 14.7. The summed E-state index contributed by atoms with van der Waals surface area (Å²) in [5.41, 5.74) is 3.82. The summed E-state index contributed by atoms with van der Waals surface area (Å²) in [4.78, 5) is 15.7. The first-order valence-electron chi connectivity index (χ1n) is 6.97. The largest absolute Gasteiger partial charge is 0.447 e. The molecule has 5 heteroatoms. The molecule has 2 rings (SSSR count). The molecule has 1 amide bonds. The van der Waals surface area contributed by atoms with Crippen molar-refractivity contribution >= 4 is 11.8 Å². The van der Waals surface area contributed by atoms with E-state index >= 15 is 0 Å². The predicted octanol–water partition coefficient (Wildman–Crippen LogP) is 1.55. The van der Waals surface area contributed by atoms with Crippen molar-refractivity contribution in [1.29, 1.82) is 0 Å². The number of ether oxygens (including phenoxy) is 1. The van der Waals surface area contributed by atoms with Crippen molar-refractivity contribution < 1.29 is 14.6 Å². The lowest BCUT2D eigenvalue weighted by Crippen LogP contribution is -2.49. The lowest BCUT2D eigenvalue weighted by molar-refractivity contribution is 0.0825. The van der Waals surface area contributed by atoms with E-state index in [-0.39, 0.29) is 19.3 Å². The summed E-state index contributed by atoms with van der Waals surface area (Å²) in [6.07, 6.45) is -0.334. The number of amides is 1. The van der Waals surface area contributed by atoms with E-state index in [0.717, 1.165) is 13.1 Å². The summed E-state index contributed by atoms with van der Waals surface area (Å²) in [5, 5.41) is 8.66. The van der Waals surface area contributed by atoms with Gasteiger partial charge in [-0.15, -0.1) is 0 Å². The standard InChI is InChI=1S/C15H22N2O3/c1-12-4-3-5-14(13(12)2)16-6-8-17(9-7-16)15(19)20-11-10-18/h3-5,18H,6-11H2,1-2H3. The van der Waals surface area contributed by atoms with Gasteiger partial charge in [-0.3, -0.25) is 0 Å².